The molecule has 3 aromatic heterocycles. The molecule has 1 atom stereocenters. The fourth-order valence-electron chi connectivity index (χ4n) is 2.58. The van der Waals surface area contributed by atoms with Gasteiger partial charge in [-0.15, -0.1) is 22.7 Å². The number of thiophene rings is 2. The molecule has 29 heavy (non-hydrogen) atoms. The van der Waals surface area contributed by atoms with Gasteiger partial charge < -0.3 is 15.8 Å². The zero-order chi connectivity index (χ0) is 21.6. The highest BCUT2D eigenvalue weighted by Gasteiger charge is 2.09. The summed E-state index contributed by atoms with van der Waals surface area (Å²) in [6, 6.07) is 6.39. The topological polar surface area (TPSA) is 60.2 Å². The second-order valence-corrected chi connectivity index (χ2v) is 8.30. The number of hydrogen-bond donors (Lipinski definition) is 2. The molecular weight excluding hydrogens is 422 g/mol. The van der Waals surface area contributed by atoms with Crippen molar-refractivity contribution in [2.24, 2.45) is 5.73 Å². The van der Waals surface area contributed by atoms with Crippen molar-refractivity contribution in [3.63, 3.8) is 0 Å². The molecule has 162 valence electrons. The average molecular weight is 456 g/mol. The van der Waals surface area contributed by atoms with Crippen molar-refractivity contribution in [2.75, 3.05) is 18.5 Å². The van der Waals surface area contributed by atoms with Crippen molar-refractivity contribution >= 4 is 50.2 Å². The molecule has 4 nitrogen and oxygen atoms in total. The monoisotopic (exact) mass is 455 g/mol. The van der Waals surface area contributed by atoms with E-state index in [1.54, 1.807) is 22.7 Å². The Balaban J connectivity index is 0.000000321. The Morgan fingerprint density at radius 2 is 2.03 bits per heavy atom. The minimum Gasteiger partial charge on any atom is -0.380 e. The smallest absolute Gasteiger partial charge is 0.131 e. The minimum atomic E-state index is 0.314. The first kappa shape index (κ1) is 25.9. The molecule has 4 rings (SSSR count). The van der Waals surface area contributed by atoms with E-state index < -0.39 is 0 Å². The molecular formula is C22H34ClN3OS2. The van der Waals surface area contributed by atoms with Gasteiger partial charge in [0.15, 0.2) is 0 Å². The summed E-state index contributed by atoms with van der Waals surface area (Å²) < 4.78 is 6.23. The van der Waals surface area contributed by atoms with Crippen LogP contribution in [0.15, 0.2) is 29.0 Å². The molecule has 1 aliphatic heterocycles. The quantitative estimate of drug-likeness (QED) is 0.413. The summed E-state index contributed by atoms with van der Waals surface area (Å²) in [7, 11) is 0. The van der Waals surface area contributed by atoms with Gasteiger partial charge in [0, 0.05) is 30.1 Å². The third-order valence-electron chi connectivity index (χ3n) is 3.90. The molecule has 3 N–H and O–H groups in total. The van der Waals surface area contributed by atoms with E-state index >= 15 is 0 Å². The van der Waals surface area contributed by atoms with Crippen LogP contribution >= 0.6 is 34.3 Å². The highest BCUT2D eigenvalue weighted by atomic mass is 35.5. The number of aromatic nitrogens is 1. The van der Waals surface area contributed by atoms with Crippen LogP contribution in [-0.4, -0.2) is 24.2 Å². The van der Waals surface area contributed by atoms with E-state index in [1.165, 1.54) is 15.1 Å². The Morgan fingerprint density at radius 1 is 1.28 bits per heavy atom. The van der Waals surface area contributed by atoms with Crippen LogP contribution in [0.2, 0.25) is 5.15 Å². The second kappa shape index (κ2) is 14.7. The van der Waals surface area contributed by atoms with Gasteiger partial charge in [-0.1, -0.05) is 45.4 Å². The number of nitrogens with two attached hydrogens (primary N) is 1. The predicted octanol–water partition coefficient (Wildman–Crippen LogP) is 7.11. The number of anilines is 1. The molecule has 1 unspecified atom stereocenters. The molecule has 1 aliphatic rings. The second-order valence-electron chi connectivity index (χ2n) is 6.00. The first-order valence-electron chi connectivity index (χ1n) is 10.3. The number of halogens is 1. The van der Waals surface area contributed by atoms with E-state index in [4.69, 9.17) is 22.1 Å². The van der Waals surface area contributed by atoms with Gasteiger partial charge in [0.25, 0.3) is 0 Å². The molecule has 0 amide bonds. The molecule has 1 fully saturated rings. The van der Waals surface area contributed by atoms with Crippen LogP contribution in [0.4, 0.5) is 5.69 Å². The zero-order valence-corrected chi connectivity index (χ0v) is 20.5. The van der Waals surface area contributed by atoms with Crippen molar-refractivity contribution in [2.45, 2.75) is 60.0 Å². The summed E-state index contributed by atoms with van der Waals surface area (Å²) in [5, 5.41) is 8.18. The molecule has 0 bridgehead atoms. The number of rotatable bonds is 3. The van der Waals surface area contributed by atoms with Gasteiger partial charge in [-0.05, 0) is 42.2 Å². The number of fused-ring (bicyclic) bond motifs is 1. The van der Waals surface area contributed by atoms with Crippen molar-refractivity contribution in [3.05, 3.63) is 44.6 Å². The number of nitrogens with zero attached hydrogens (tertiary/aromatic N) is 1. The van der Waals surface area contributed by atoms with Crippen LogP contribution in [0.1, 0.15) is 51.0 Å². The summed E-state index contributed by atoms with van der Waals surface area (Å²) in [6.45, 7) is 12.6. The van der Waals surface area contributed by atoms with E-state index in [1.807, 2.05) is 33.8 Å². The molecule has 1 saturated heterocycles. The van der Waals surface area contributed by atoms with Gasteiger partial charge in [-0.25, -0.2) is 4.98 Å². The Kier molecular flexibility index (Phi) is 13.1. The summed E-state index contributed by atoms with van der Waals surface area (Å²) in [5.41, 5.74) is 8.75. The van der Waals surface area contributed by atoms with Gasteiger partial charge in [0.2, 0.25) is 0 Å². The number of pyridine rings is 1. The largest absolute Gasteiger partial charge is 0.380 e. The van der Waals surface area contributed by atoms with Crippen LogP contribution in [-0.2, 0) is 11.3 Å². The van der Waals surface area contributed by atoms with Gasteiger partial charge in [-0.2, -0.15) is 0 Å². The van der Waals surface area contributed by atoms with Gasteiger partial charge in [-0.3, -0.25) is 0 Å². The molecule has 0 saturated carbocycles. The summed E-state index contributed by atoms with van der Waals surface area (Å²) in [4.78, 5) is 5.69. The SMILES string of the molecule is CC.CC.Cc1csc2c(NCc3cccs3)cc(Cl)nc12.NC1CCCOC1. The number of aryl methyl sites for hydroxylation is 1. The maximum Gasteiger partial charge on any atom is 0.131 e. The maximum absolute atomic E-state index is 6.07. The van der Waals surface area contributed by atoms with Crippen molar-refractivity contribution < 1.29 is 4.74 Å². The molecule has 3 aromatic rings. The van der Waals surface area contributed by atoms with Crippen molar-refractivity contribution in [1.82, 2.24) is 4.98 Å². The lowest BCUT2D eigenvalue weighted by Crippen LogP contribution is -2.30. The lowest BCUT2D eigenvalue weighted by Gasteiger charge is -2.16. The van der Waals surface area contributed by atoms with Crippen LogP contribution in [0, 0.1) is 6.92 Å². The zero-order valence-electron chi connectivity index (χ0n) is 18.1. The van der Waals surface area contributed by atoms with E-state index in [0.29, 0.717) is 11.2 Å². The van der Waals surface area contributed by atoms with Gasteiger partial charge in [0.05, 0.1) is 22.5 Å². The summed E-state index contributed by atoms with van der Waals surface area (Å²) in [5.74, 6) is 0. The molecule has 7 heteroatoms. The van der Waals surface area contributed by atoms with Gasteiger partial charge >= 0.3 is 0 Å². The maximum atomic E-state index is 6.07. The van der Waals surface area contributed by atoms with E-state index in [-0.39, 0.29) is 0 Å². The predicted molar refractivity (Wildman–Crippen MR) is 132 cm³/mol. The third-order valence-corrected chi connectivity index (χ3v) is 6.09. The average Bonchev–Trinajstić information content (AvgIpc) is 3.41. The van der Waals surface area contributed by atoms with Crippen LogP contribution in [0.3, 0.4) is 0 Å². The number of ether oxygens (including phenoxy) is 1. The van der Waals surface area contributed by atoms with E-state index in [9.17, 15) is 0 Å². The summed E-state index contributed by atoms with van der Waals surface area (Å²) >= 11 is 9.52. The van der Waals surface area contributed by atoms with Crippen LogP contribution in [0.25, 0.3) is 10.2 Å². The number of hydrogen-bond acceptors (Lipinski definition) is 6. The Morgan fingerprint density at radius 3 is 2.59 bits per heavy atom. The fraction of sp³-hybridized carbons (Fsp3) is 0.500. The van der Waals surface area contributed by atoms with E-state index in [0.717, 1.165) is 43.8 Å². The van der Waals surface area contributed by atoms with Gasteiger partial charge in [0.1, 0.15) is 5.15 Å². The Hall–Kier alpha value is -1.18. The first-order valence-corrected chi connectivity index (χ1v) is 12.4. The molecule has 0 spiro atoms. The number of nitrogens with one attached hydrogen (secondary N) is 1. The van der Waals surface area contributed by atoms with Crippen LogP contribution in [0.5, 0.6) is 0 Å². The van der Waals surface area contributed by atoms with Crippen molar-refractivity contribution in [1.29, 1.82) is 0 Å². The molecule has 4 heterocycles. The molecule has 0 aliphatic carbocycles. The molecule has 0 aromatic carbocycles. The molecule has 0 radical (unpaired) electrons. The van der Waals surface area contributed by atoms with E-state index in [2.05, 4.69) is 40.1 Å². The standard InChI is InChI=1S/C13H11ClN2S2.C5H11NO.2C2H6/c1-8-7-18-13-10(5-11(14)16-12(8)13)15-6-9-3-2-4-17-9;6-5-2-1-3-7-4-5;2*1-2/h2-5,7H,6H2,1H3,(H,15,16);5H,1-4,6H2;2*1-2H3. The Labute approximate surface area is 188 Å². The lowest BCUT2D eigenvalue weighted by atomic mass is 10.1. The highest BCUT2D eigenvalue weighted by molar-refractivity contribution is 7.18. The first-order chi connectivity index (χ1) is 14.1. The third kappa shape index (κ3) is 8.60. The normalized spacial score (nSPS) is 15.2. The fourth-order valence-corrected chi connectivity index (χ4v) is 4.40. The minimum absolute atomic E-state index is 0.314. The highest BCUT2D eigenvalue weighted by Crippen LogP contribution is 2.33. The summed E-state index contributed by atoms with van der Waals surface area (Å²) in [6.07, 6.45) is 2.28. The van der Waals surface area contributed by atoms with Crippen molar-refractivity contribution in [3.8, 4) is 0 Å². The van der Waals surface area contributed by atoms with Crippen LogP contribution < -0.4 is 11.1 Å². The Bertz CT molecular complexity index is 800. The lowest BCUT2D eigenvalue weighted by molar-refractivity contribution is 0.0822.